The fourth-order valence-corrected chi connectivity index (χ4v) is 3.47. The van der Waals surface area contributed by atoms with Gasteiger partial charge in [-0.05, 0) is 43.4 Å². The average molecular weight is 361 g/mol. The number of carbonyl (C=O) groups excluding carboxylic acids is 1. The van der Waals surface area contributed by atoms with Gasteiger partial charge in [0.05, 0.1) is 11.7 Å². The third-order valence-corrected chi connectivity index (χ3v) is 5.08. The van der Waals surface area contributed by atoms with Gasteiger partial charge in [0.2, 0.25) is 5.91 Å². The number of nitrogens with zero attached hydrogens (tertiary/aromatic N) is 2. The van der Waals surface area contributed by atoms with E-state index in [4.69, 9.17) is 0 Å². The van der Waals surface area contributed by atoms with Crippen LogP contribution in [0, 0.1) is 13.8 Å². The Balaban J connectivity index is 1.69. The van der Waals surface area contributed by atoms with Crippen molar-refractivity contribution >= 4 is 5.91 Å². The molecule has 0 radical (unpaired) electrons. The fourth-order valence-electron chi connectivity index (χ4n) is 3.47. The first kappa shape index (κ1) is 18.9. The standard InChI is InChI=1S/C23H27N3O/c1-17-21(18(2)26(3)25-17)14-15-23(27)24-22(20-12-8-5-9-13-20)16-19-10-6-4-7-11-19/h4-13,22H,14-16H2,1-3H3,(H,24,27)/t22-/m0/s1. The van der Waals surface area contributed by atoms with Crippen LogP contribution in [-0.2, 0) is 24.7 Å². The van der Waals surface area contributed by atoms with Crippen molar-refractivity contribution in [1.82, 2.24) is 15.1 Å². The second-order valence-electron chi connectivity index (χ2n) is 6.99. The molecule has 0 aliphatic carbocycles. The summed E-state index contributed by atoms with van der Waals surface area (Å²) in [6.45, 7) is 4.05. The van der Waals surface area contributed by atoms with E-state index < -0.39 is 0 Å². The van der Waals surface area contributed by atoms with Crippen molar-refractivity contribution in [2.75, 3.05) is 0 Å². The number of hydrogen-bond donors (Lipinski definition) is 1. The van der Waals surface area contributed by atoms with Gasteiger partial charge in [-0.2, -0.15) is 5.10 Å². The summed E-state index contributed by atoms with van der Waals surface area (Å²) in [7, 11) is 1.94. The van der Waals surface area contributed by atoms with Gasteiger partial charge in [-0.15, -0.1) is 0 Å². The molecule has 0 saturated carbocycles. The molecule has 3 aromatic rings. The van der Waals surface area contributed by atoms with Gasteiger partial charge in [-0.3, -0.25) is 9.48 Å². The minimum atomic E-state index is -0.0304. The van der Waals surface area contributed by atoms with Gasteiger partial charge in [-0.25, -0.2) is 0 Å². The highest BCUT2D eigenvalue weighted by atomic mass is 16.1. The van der Waals surface area contributed by atoms with E-state index in [1.807, 2.05) is 55.1 Å². The SMILES string of the molecule is Cc1nn(C)c(C)c1CCC(=O)N[C@@H](Cc1ccccc1)c1ccccc1. The molecule has 1 heterocycles. The second-order valence-corrected chi connectivity index (χ2v) is 6.99. The zero-order valence-electron chi connectivity index (χ0n) is 16.3. The van der Waals surface area contributed by atoms with E-state index >= 15 is 0 Å². The van der Waals surface area contributed by atoms with E-state index in [1.165, 1.54) is 11.1 Å². The molecule has 0 unspecified atom stereocenters. The summed E-state index contributed by atoms with van der Waals surface area (Å²) in [6.07, 6.45) is 1.96. The van der Waals surface area contributed by atoms with Gasteiger partial charge in [-0.1, -0.05) is 60.7 Å². The first-order chi connectivity index (χ1) is 13.0. The van der Waals surface area contributed by atoms with E-state index in [0.717, 1.165) is 23.4 Å². The lowest BCUT2D eigenvalue weighted by Crippen LogP contribution is -2.30. The molecule has 140 valence electrons. The number of aromatic nitrogens is 2. The number of rotatable bonds is 7. The number of aryl methyl sites for hydroxylation is 2. The summed E-state index contributed by atoms with van der Waals surface area (Å²) < 4.78 is 1.88. The van der Waals surface area contributed by atoms with Gasteiger partial charge in [0.1, 0.15) is 0 Å². The molecule has 0 saturated heterocycles. The zero-order chi connectivity index (χ0) is 19.2. The van der Waals surface area contributed by atoms with Crippen LogP contribution in [-0.4, -0.2) is 15.7 Å². The zero-order valence-corrected chi connectivity index (χ0v) is 16.3. The van der Waals surface area contributed by atoms with Crippen molar-refractivity contribution in [3.05, 3.63) is 88.7 Å². The highest BCUT2D eigenvalue weighted by molar-refractivity contribution is 5.76. The van der Waals surface area contributed by atoms with Crippen LogP contribution in [0.3, 0.4) is 0 Å². The molecule has 0 aliphatic rings. The Kier molecular flexibility index (Phi) is 6.07. The fraction of sp³-hybridized carbons (Fsp3) is 0.304. The number of carbonyl (C=O) groups is 1. The minimum Gasteiger partial charge on any atom is -0.349 e. The summed E-state index contributed by atoms with van der Waals surface area (Å²) in [4.78, 5) is 12.7. The molecule has 0 fully saturated rings. The lowest BCUT2D eigenvalue weighted by Gasteiger charge is -2.19. The van der Waals surface area contributed by atoms with Crippen molar-refractivity contribution in [3.8, 4) is 0 Å². The van der Waals surface area contributed by atoms with Crippen molar-refractivity contribution in [2.45, 2.75) is 39.2 Å². The Morgan fingerprint density at radius 3 is 2.26 bits per heavy atom. The van der Waals surface area contributed by atoms with Crippen molar-refractivity contribution < 1.29 is 4.79 Å². The van der Waals surface area contributed by atoms with Crippen LogP contribution >= 0.6 is 0 Å². The molecule has 1 aromatic heterocycles. The largest absolute Gasteiger partial charge is 0.349 e. The first-order valence-electron chi connectivity index (χ1n) is 9.42. The number of hydrogen-bond acceptors (Lipinski definition) is 2. The number of amides is 1. The summed E-state index contributed by atoms with van der Waals surface area (Å²) >= 11 is 0. The Morgan fingerprint density at radius 2 is 1.67 bits per heavy atom. The molecule has 3 rings (SSSR count). The van der Waals surface area contributed by atoms with Crippen LogP contribution in [0.15, 0.2) is 60.7 Å². The monoisotopic (exact) mass is 361 g/mol. The van der Waals surface area contributed by atoms with E-state index in [-0.39, 0.29) is 11.9 Å². The molecular weight excluding hydrogens is 334 g/mol. The topological polar surface area (TPSA) is 46.9 Å². The van der Waals surface area contributed by atoms with Crippen LogP contribution in [0.25, 0.3) is 0 Å². The molecule has 4 nitrogen and oxygen atoms in total. The van der Waals surface area contributed by atoms with Crippen LogP contribution in [0.2, 0.25) is 0 Å². The number of benzene rings is 2. The Bertz CT molecular complexity index is 885. The third-order valence-electron chi connectivity index (χ3n) is 5.08. The Hall–Kier alpha value is -2.88. The van der Waals surface area contributed by atoms with Crippen molar-refractivity contribution in [1.29, 1.82) is 0 Å². The Morgan fingerprint density at radius 1 is 1.04 bits per heavy atom. The maximum atomic E-state index is 12.7. The molecule has 2 aromatic carbocycles. The molecule has 0 aliphatic heterocycles. The normalized spacial score (nSPS) is 12.0. The summed E-state index contributed by atoms with van der Waals surface area (Å²) in [6, 6.07) is 20.4. The first-order valence-corrected chi connectivity index (χ1v) is 9.42. The summed E-state index contributed by atoms with van der Waals surface area (Å²) in [5.41, 5.74) is 5.65. The maximum Gasteiger partial charge on any atom is 0.220 e. The Labute approximate surface area is 161 Å². The molecule has 1 N–H and O–H groups in total. The van der Waals surface area contributed by atoms with Gasteiger partial charge in [0, 0.05) is 19.2 Å². The predicted molar refractivity (Wildman–Crippen MR) is 108 cm³/mol. The van der Waals surface area contributed by atoms with Crippen molar-refractivity contribution in [2.24, 2.45) is 7.05 Å². The number of nitrogens with one attached hydrogen (secondary N) is 1. The molecule has 4 heteroatoms. The lowest BCUT2D eigenvalue weighted by atomic mass is 9.98. The molecule has 1 atom stereocenters. The maximum absolute atomic E-state index is 12.7. The van der Waals surface area contributed by atoms with Crippen molar-refractivity contribution in [3.63, 3.8) is 0 Å². The third kappa shape index (κ3) is 4.85. The molecule has 0 spiro atoms. The van der Waals surface area contributed by atoms with Crippen LogP contribution in [0.4, 0.5) is 0 Å². The quantitative estimate of drug-likeness (QED) is 0.689. The van der Waals surface area contributed by atoms with Gasteiger partial charge in [0.15, 0.2) is 0 Å². The molecular formula is C23H27N3O. The highest BCUT2D eigenvalue weighted by Crippen LogP contribution is 2.19. The average Bonchev–Trinajstić information content (AvgIpc) is 2.92. The van der Waals surface area contributed by atoms with E-state index in [2.05, 4.69) is 41.6 Å². The molecule has 1 amide bonds. The van der Waals surface area contributed by atoms with Crippen LogP contribution in [0.1, 0.15) is 40.5 Å². The van der Waals surface area contributed by atoms with Gasteiger partial charge < -0.3 is 5.32 Å². The van der Waals surface area contributed by atoms with E-state index in [9.17, 15) is 4.79 Å². The summed E-state index contributed by atoms with van der Waals surface area (Å²) in [5, 5.41) is 7.67. The lowest BCUT2D eigenvalue weighted by molar-refractivity contribution is -0.121. The summed E-state index contributed by atoms with van der Waals surface area (Å²) in [5.74, 6) is 0.0717. The van der Waals surface area contributed by atoms with Gasteiger partial charge >= 0.3 is 0 Å². The molecule has 0 bridgehead atoms. The van der Waals surface area contributed by atoms with Crippen LogP contribution in [0.5, 0.6) is 0 Å². The smallest absolute Gasteiger partial charge is 0.220 e. The van der Waals surface area contributed by atoms with Gasteiger partial charge in [0.25, 0.3) is 0 Å². The van der Waals surface area contributed by atoms with Crippen LogP contribution < -0.4 is 5.32 Å². The predicted octanol–water partition coefficient (Wildman–Crippen LogP) is 4.07. The second kappa shape index (κ2) is 8.67. The minimum absolute atomic E-state index is 0.0304. The molecule has 27 heavy (non-hydrogen) atoms. The van der Waals surface area contributed by atoms with E-state index in [1.54, 1.807) is 0 Å². The van der Waals surface area contributed by atoms with E-state index in [0.29, 0.717) is 12.8 Å². The highest BCUT2D eigenvalue weighted by Gasteiger charge is 2.17.